The Hall–Kier alpha value is -4.29. The molecule has 3 heterocycles. The molecule has 0 aliphatic carbocycles. The predicted molar refractivity (Wildman–Crippen MR) is 150 cm³/mol. The number of fused-ring (bicyclic) bond motifs is 1. The van der Waals surface area contributed by atoms with E-state index in [1.165, 1.54) is 43.8 Å². The van der Waals surface area contributed by atoms with Gasteiger partial charge in [-0.15, -0.1) is 23.1 Å². The highest BCUT2D eigenvalue weighted by molar-refractivity contribution is 8.02. The molecule has 0 saturated carbocycles. The van der Waals surface area contributed by atoms with Gasteiger partial charge in [-0.3, -0.25) is 14.5 Å². The van der Waals surface area contributed by atoms with E-state index in [-0.39, 0.29) is 33.5 Å². The number of carboxylic acid groups (broad SMARTS) is 3. The summed E-state index contributed by atoms with van der Waals surface area (Å²) >= 11 is 3.29. The van der Waals surface area contributed by atoms with E-state index in [1.807, 2.05) is 0 Å². The number of benzene rings is 1. The van der Waals surface area contributed by atoms with Crippen LogP contribution in [0.1, 0.15) is 24.3 Å². The fourth-order valence-electron chi connectivity index (χ4n) is 3.75. The van der Waals surface area contributed by atoms with Crippen LogP contribution in [0.2, 0.25) is 0 Å². The normalized spacial score (nSPS) is 18.4. The monoisotopic (exact) mass is 638 g/mol. The van der Waals surface area contributed by atoms with Crippen LogP contribution in [-0.2, 0) is 24.0 Å². The van der Waals surface area contributed by atoms with Gasteiger partial charge in [-0.1, -0.05) is 16.9 Å². The molecule has 6 N–H and O–H groups in total. The third kappa shape index (κ3) is 6.14. The van der Waals surface area contributed by atoms with E-state index < -0.39 is 52.5 Å². The van der Waals surface area contributed by atoms with Crippen LogP contribution in [0.25, 0.3) is 10.4 Å². The molecule has 0 spiro atoms. The van der Waals surface area contributed by atoms with Gasteiger partial charge < -0.3 is 35.7 Å². The van der Waals surface area contributed by atoms with Crippen LogP contribution in [0, 0.1) is 0 Å². The molecule has 42 heavy (non-hydrogen) atoms. The molecule has 0 bridgehead atoms. The molecule has 0 unspecified atom stereocenters. The molecule has 2 amide bonds. The van der Waals surface area contributed by atoms with E-state index in [1.54, 1.807) is 0 Å². The van der Waals surface area contributed by atoms with Crippen molar-refractivity contribution in [1.29, 1.82) is 0 Å². The number of phenols is 2. The van der Waals surface area contributed by atoms with Crippen LogP contribution in [0.4, 0.5) is 0 Å². The number of carbonyl (C=O) groups excluding carboxylic acids is 2. The number of hydrogen-bond acceptors (Lipinski definition) is 13. The van der Waals surface area contributed by atoms with E-state index in [2.05, 4.69) is 15.5 Å². The first-order valence-electron chi connectivity index (χ1n) is 11.8. The summed E-state index contributed by atoms with van der Waals surface area (Å²) in [5, 5.41) is 52.9. The zero-order valence-corrected chi connectivity index (χ0v) is 24.1. The van der Waals surface area contributed by atoms with E-state index >= 15 is 0 Å². The lowest BCUT2D eigenvalue weighted by Crippen LogP contribution is -2.70. The molecule has 1 fully saturated rings. The molecule has 0 radical (unpaired) electrons. The number of phenolic OH excluding ortho intramolecular Hbond substituents is 2. The van der Waals surface area contributed by atoms with Crippen LogP contribution >= 0.6 is 34.9 Å². The highest BCUT2D eigenvalue weighted by atomic mass is 32.2. The Morgan fingerprint density at radius 2 is 1.90 bits per heavy atom. The van der Waals surface area contributed by atoms with Gasteiger partial charge in [-0.05, 0) is 43.2 Å². The molecule has 1 saturated heterocycles. The lowest BCUT2D eigenvalue weighted by Gasteiger charge is -2.49. The predicted octanol–water partition coefficient (Wildman–Crippen LogP) is 1.62. The summed E-state index contributed by atoms with van der Waals surface area (Å²) in [6.45, 7) is 2.46. The maximum Gasteiger partial charge on any atom is 0.356 e. The second-order valence-corrected chi connectivity index (χ2v) is 12.6. The van der Waals surface area contributed by atoms with Gasteiger partial charge in [0.25, 0.3) is 11.8 Å². The molecular formula is C24H22N4O11S3. The highest BCUT2D eigenvalue weighted by Crippen LogP contribution is 2.43. The van der Waals surface area contributed by atoms with Crippen LogP contribution in [0.5, 0.6) is 11.5 Å². The maximum atomic E-state index is 12.8. The highest BCUT2D eigenvalue weighted by Gasteiger charge is 2.54. The first kappa shape index (κ1) is 30.7. The Balaban J connectivity index is 1.46. The van der Waals surface area contributed by atoms with Crippen molar-refractivity contribution in [1.82, 2.24) is 15.2 Å². The molecule has 2 atom stereocenters. The molecule has 15 nitrogen and oxygen atoms in total. The second-order valence-electron chi connectivity index (χ2n) is 9.25. The summed E-state index contributed by atoms with van der Waals surface area (Å²) in [5.74, 6) is -6.04. The van der Waals surface area contributed by atoms with E-state index in [4.69, 9.17) is 9.94 Å². The van der Waals surface area contributed by atoms with Crippen LogP contribution in [0.15, 0.2) is 39.0 Å². The van der Waals surface area contributed by atoms with Gasteiger partial charge in [0.05, 0.1) is 4.88 Å². The van der Waals surface area contributed by atoms with Gasteiger partial charge in [-0.2, -0.15) is 0 Å². The zero-order valence-electron chi connectivity index (χ0n) is 21.6. The summed E-state index contributed by atoms with van der Waals surface area (Å²) in [4.78, 5) is 70.2. The van der Waals surface area contributed by atoms with Crippen molar-refractivity contribution in [2.75, 3.05) is 11.5 Å². The SMILES string of the molecule is CC(C)(O/N=C/C(=O)N[C@@H]1C(=O)N2C(C(=O)O)=C(CSc3nc(C(=O)O)c(-c4ccc(O)c(O)c4)s3)CS[C@H]12)C(=O)O. The summed E-state index contributed by atoms with van der Waals surface area (Å²) in [6.07, 6.45) is 0.678. The Morgan fingerprint density at radius 3 is 2.52 bits per heavy atom. The largest absolute Gasteiger partial charge is 0.504 e. The van der Waals surface area contributed by atoms with Gasteiger partial charge in [0.2, 0.25) is 5.60 Å². The minimum atomic E-state index is -1.68. The Kier molecular flexibility index (Phi) is 8.69. The molecule has 222 valence electrons. The van der Waals surface area contributed by atoms with Gasteiger partial charge in [0.15, 0.2) is 21.5 Å². The number of β-lactam (4-membered cyclic amide) rings is 1. The number of rotatable bonds is 11. The van der Waals surface area contributed by atoms with E-state index in [0.29, 0.717) is 21.7 Å². The number of nitrogens with one attached hydrogen (secondary N) is 1. The maximum absolute atomic E-state index is 12.8. The lowest BCUT2D eigenvalue weighted by atomic mass is 10.0. The van der Waals surface area contributed by atoms with Crippen LogP contribution in [0.3, 0.4) is 0 Å². The summed E-state index contributed by atoms with van der Waals surface area (Å²) in [5.41, 5.74) is -1.52. The van der Waals surface area contributed by atoms with Gasteiger partial charge >= 0.3 is 17.9 Å². The van der Waals surface area contributed by atoms with Crippen molar-refractivity contribution >= 4 is 70.8 Å². The van der Waals surface area contributed by atoms with Crippen molar-refractivity contribution < 1.29 is 54.3 Å². The van der Waals surface area contributed by atoms with Gasteiger partial charge in [0.1, 0.15) is 23.3 Å². The molecule has 2 aliphatic heterocycles. The van der Waals surface area contributed by atoms with Crippen molar-refractivity contribution in [2.24, 2.45) is 5.16 Å². The second kappa shape index (κ2) is 11.9. The number of carbonyl (C=O) groups is 5. The van der Waals surface area contributed by atoms with Gasteiger partial charge in [-0.25, -0.2) is 19.4 Å². The van der Waals surface area contributed by atoms with E-state index in [9.17, 15) is 44.4 Å². The molecule has 1 aromatic carbocycles. The van der Waals surface area contributed by atoms with Crippen LogP contribution in [-0.4, -0.2) is 99.9 Å². The molecular weight excluding hydrogens is 616 g/mol. The number of aliphatic carboxylic acids is 2. The number of oxime groups is 1. The van der Waals surface area contributed by atoms with Crippen molar-refractivity contribution in [2.45, 2.75) is 35.2 Å². The number of aromatic carboxylic acids is 1. The third-order valence-electron chi connectivity index (χ3n) is 5.93. The summed E-state index contributed by atoms with van der Waals surface area (Å²) in [7, 11) is 0. The number of carboxylic acids is 3. The van der Waals surface area contributed by atoms with Gasteiger partial charge in [0, 0.05) is 11.5 Å². The number of aromatic hydroxyl groups is 2. The zero-order chi connectivity index (χ0) is 30.9. The standard InChI is InChI=1S/C24H22N4O11S3/c1-24(2,22(37)38)39-25-6-13(31)26-15-18(32)28-16(21(35)36)10(7-40-19(15)28)8-41-23-27-14(20(33)34)17(42-23)9-3-4-11(29)12(30)5-9/h3-6,15,19,29-30H,7-8H2,1-2H3,(H,26,31)(H,33,34)(H,35,36)(H,37,38)/b25-6+/t15-,19-/m1/s1. The fraction of sp³-hybridized carbons (Fsp3) is 0.292. The number of thioether (sulfide) groups is 2. The molecule has 2 aliphatic rings. The number of aromatic nitrogens is 1. The topological polar surface area (TPSA) is 236 Å². The van der Waals surface area contributed by atoms with Crippen molar-refractivity contribution in [3.05, 3.63) is 35.2 Å². The minimum Gasteiger partial charge on any atom is -0.504 e. The average Bonchev–Trinajstić information content (AvgIpc) is 3.36. The van der Waals surface area contributed by atoms with Crippen molar-refractivity contribution in [3.8, 4) is 21.9 Å². The third-order valence-corrected chi connectivity index (χ3v) is 9.60. The number of thiazole rings is 1. The quantitative estimate of drug-likeness (QED) is 0.0674. The number of nitrogens with zero attached hydrogens (tertiary/aromatic N) is 3. The number of amides is 2. The molecule has 4 rings (SSSR count). The molecule has 2 aromatic rings. The number of hydrogen-bond donors (Lipinski definition) is 6. The summed E-state index contributed by atoms with van der Waals surface area (Å²) < 4.78 is 0.298. The van der Waals surface area contributed by atoms with Crippen LogP contribution < -0.4 is 5.32 Å². The Labute approximate surface area is 248 Å². The minimum absolute atomic E-state index is 0.0678. The smallest absolute Gasteiger partial charge is 0.356 e. The molecule has 1 aromatic heterocycles. The Morgan fingerprint density at radius 1 is 1.19 bits per heavy atom. The summed E-state index contributed by atoms with van der Waals surface area (Å²) in [6, 6.07) is 2.79. The lowest BCUT2D eigenvalue weighted by molar-refractivity contribution is -0.161. The van der Waals surface area contributed by atoms with E-state index in [0.717, 1.165) is 28.0 Å². The molecule has 18 heteroatoms. The Bertz CT molecular complexity index is 1550. The average molecular weight is 639 g/mol. The first-order chi connectivity index (χ1) is 19.7. The first-order valence-corrected chi connectivity index (χ1v) is 14.6. The van der Waals surface area contributed by atoms with Crippen molar-refractivity contribution in [3.63, 3.8) is 0 Å². The fourth-order valence-corrected chi connectivity index (χ4v) is 7.36.